The highest BCUT2D eigenvalue weighted by molar-refractivity contribution is 5.88. The van der Waals surface area contributed by atoms with Crippen molar-refractivity contribution in [3.8, 4) is 29.1 Å². The fourth-order valence-electron chi connectivity index (χ4n) is 4.64. The zero-order chi connectivity index (χ0) is 30.4. The number of allylic oxidation sites excluding steroid dienone is 1. The zero-order valence-corrected chi connectivity index (χ0v) is 25.1. The first-order valence-electron chi connectivity index (χ1n) is 14.0. The molecule has 1 aliphatic rings. The van der Waals surface area contributed by atoms with Crippen molar-refractivity contribution in [1.29, 1.82) is 5.26 Å². The number of nitrogens with zero attached hydrogens (tertiary/aromatic N) is 1. The van der Waals surface area contributed by atoms with E-state index >= 15 is 0 Å². The summed E-state index contributed by atoms with van der Waals surface area (Å²) in [4.78, 5) is 12.6. The molecular formula is C35H38N2O5. The van der Waals surface area contributed by atoms with Crippen LogP contribution < -0.4 is 24.7 Å². The Kier molecular flexibility index (Phi) is 9.27. The van der Waals surface area contributed by atoms with Crippen LogP contribution in [0.3, 0.4) is 0 Å². The van der Waals surface area contributed by atoms with E-state index in [0.717, 1.165) is 17.5 Å². The molecule has 0 spiro atoms. The van der Waals surface area contributed by atoms with Crippen LogP contribution in [0.1, 0.15) is 69.2 Å². The van der Waals surface area contributed by atoms with Gasteiger partial charge in [0.1, 0.15) is 23.1 Å². The van der Waals surface area contributed by atoms with E-state index < -0.39 is 11.9 Å². The second-order valence-corrected chi connectivity index (χ2v) is 11.7. The number of fused-ring (bicyclic) bond motifs is 1. The molecule has 42 heavy (non-hydrogen) atoms. The van der Waals surface area contributed by atoms with Crippen molar-refractivity contribution in [1.82, 2.24) is 0 Å². The fraction of sp³-hybridized carbons (Fsp3) is 0.314. The van der Waals surface area contributed by atoms with E-state index in [4.69, 9.17) is 24.7 Å². The third kappa shape index (κ3) is 7.13. The highest BCUT2D eigenvalue weighted by atomic mass is 16.5. The summed E-state index contributed by atoms with van der Waals surface area (Å²) in [5.74, 6) is 1.37. The number of methoxy groups -OCH3 is 1. The lowest BCUT2D eigenvalue weighted by atomic mass is 9.83. The van der Waals surface area contributed by atoms with Gasteiger partial charge < -0.3 is 24.7 Å². The number of rotatable bonds is 9. The molecule has 2 N–H and O–H groups in total. The van der Waals surface area contributed by atoms with E-state index in [0.29, 0.717) is 41.1 Å². The van der Waals surface area contributed by atoms with E-state index in [2.05, 4.69) is 52.8 Å². The van der Waals surface area contributed by atoms with E-state index in [9.17, 15) is 10.1 Å². The first-order chi connectivity index (χ1) is 20.0. The first-order valence-corrected chi connectivity index (χ1v) is 14.0. The van der Waals surface area contributed by atoms with Gasteiger partial charge in [0, 0.05) is 17.7 Å². The summed E-state index contributed by atoms with van der Waals surface area (Å²) in [5, 5.41) is 9.95. The number of ether oxygens (including phenoxy) is 4. The van der Waals surface area contributed by atoms with Crippen LogP contribution in [0, 0.1) is 17.2 Å². The summed E-state index contributed by atoms with van der Waals surface area (Å²) in [6.45, 7) is 11.3. The van der Waals surface area contributed by atoms with Gasteiger partial charge in [-0.25, -0.2) is 4.79 Å². The highest BCUT2D eigenvalue weighted by Crippen LogP contribution is 2.45. The van der Waals surface area contributed by atoms with Gasteiger partial charge in [0.05, 0.1) is 19.6 Å². The highest BCUT2D eigenvalue weighted by Gasteiger charge is 2.31. The average Bonchev–Trinajstić information content (AvgIpc) is 2.95. The molecule has 3 aromatic rings. The number of hydrogen-bond donors (Lipinski definition) is 1. The number of carbonyl (C=O) groups excluding carboxylic acids is 1. The maximum Gasteiger partial charge on any atom is 0.336 e. The standard InChI is InChI=1S/C35H38N2O5/c1-22(2)17-18-40-29-15-10-24(19-31(29)39-6)33-27-14-13-26(20-30(27)42-34(37)28(33)21-36)41-32(38)16-9-23-7-11-25(12-8-23)35(3,4)5/h7-16,19-20,22,33H,17-18,37H2,1-6H3/b16-9+. The Morgan fingerprint density at radius 3 is 2.45 bits per heavy atom. The molecule has 7 heteroatoms. The first kappa shape index (κ1) is 30.3. The maximum absolute atomic E-state index is 12.6. The van der Waals surface area contributed by atoms with E-state index in [1.165, 1.54) is 11.6 Å². The Hall–Kier alpha value is -4.70. The van der Waals surface area contributed by atoms with Gasteiger partial charge in [-0.05, 0) is 58.7 Å². The van der Waals surface area contributed by atoms with Crippen LogP contribution in [-0.4, -0.2) is 19.7 Å². The molecule has 0 saturated carbocycles. The minimum atomic E-state index is -0.527. The summed E-state index contributed by atoms with van der Waals surface area (Å²) >= 11 is 0. The van der Waals surface area contributed by atoms with Crippen molar-refractivity contribution in [2.24, 2.45) is 11.7 Å². The van der Waals surface area contributed by atoms with Gasteiger partial charge in [0.2, 0.25) is 5.88 Å². The Bertz CT molecular complexity index is 1540. The normalized spacial score (nSPS) is 14.8. The second-order valence-electron chi connectivity index (χ2n) is 11.7. The van der Waals surface area contributed by atoms with Crippen LogP contribution in [-0.2, 0) is 10.2 Å². The molecule has 0 radical (unpaired) electrons. The molecule has 1 unspecified atom stereocenters. The fourth-order valence-corrected chi connectivity index (χ4v) is 4.64. The lowest BCUT2D eigenvalue weighted by molar-refractivity contribution is -0.128. The molecule has 0 fully saturated rings. The number of nitrogens with two attached hydrogens (primary N) is 1. The molecule has 7 nitrogen and oxygen atoms in total. The minimum absolute atomic E-state index is 0.00620. The lowest BCUT2D eigenvalue weighted by Crippen LogP contribution is -2.21. The van der Waals surface area contributed by atoms with Gasteiger partial charge in [-0.2, -0.15) is 5.26 Å². The quantitative estimate of drug-likeness (QED) is 0.165. The molecule has 3 aromatic carbocycles. The molecule has 0 bridgehead atoms. The van der Waals surface area contributed by atoms with Crippen LogP contribution in [0.4, 0.5) is 0 Å². The van der Waals surface area contributed by atoms with E-state index in [1.54, 1.807) is 31.4 Å². The van der Waals surface area contributed by atoms with Crippen LogP contribution in [0.15, 0.2) is 78.2 Å². The van der Waals surface area contributed by atoms with Gasteiger partial charge in [0.25, 0.3) is 0 Å². The Morgan fingerprint density at radius 2 is 1.81 bits per heavy atom. The number of nitriles is 1. The number of hydrogen-bond acceptors (Lipinski definition) is 7. The van der Waals surface area contributed by atoms with Gasteiger partial charge in [-0.3, -0.25) is 0 Å². The summed E-state index contributed by atoms with van der Waals surface area (Å²) in [7, 11) is 1.58. The van der Waals surface area contributed by atoms with Crippen molar-refractivity contribution in [2.45, 2.75) is 52.4 Å². The number of esters is 1. The number of benzene rings is 3. The van der Waals surface area contributed by atoms with Crippen molar-refractivity contribution < 1.29 is 23.7 Å². The van der Waals surface area contributed by atoms with Crippen LogP contribution >= 0.6 is 0 Å². The Balaban J connectivity index is 1.55. The third-order valence-corrected chi connectivity index (χ3v) is 7.07. The lowest BCUT2D eigenvalue weighted by Gasteiger charge is -2.27. The minimum Gasteiger partial charge on any atom is -0.493 e. The molecule has 1 heterocycles. The topological polar surface area (TPSA) is 104 Å². The molecule has 0 aliphatic carbocycles. The molecule has 1 aliphatic heterocycles. The molecule has 1 atom stereocenters. The predicted octanol–water partition coefficient (Wildman–Crippen LogP) is 7.25. The summed E-state index contributed by atoms with van der Waals surface area (Å²) in [6, 6.07) is 20.9. The molecular weight excluding hydrogens is 528 g/mol. The van der Waals surface area contributed by atoms with Crippen LogP contribution in [0.25, 0.3) is 6.08 Å². The second kappa shape index (κ2) is 12.9. The smallest absolute Gasteiger partial charge is 0.336 e. The van der Waals surface area contributed by atoms with E-state index in [1.807, 2.05) is 30.3 Å². The third-order valence-electron chi connectivity index (χ3n) is 7.07. The van der Waals surface area contributed by atoms with Gasteiger partial charge >= 0.3 is 5.97 Å². The molecule has 0 amide bonds. The average molecular weight is 567 g/mol. The van der Waals surface area contributed by atoms with Crippen molar-refractivity contribution in [3.05, 3.63) is 100 Å². The largest absolute Gasteiger partial charge is 0.493 e. The molecule has 218 valence electrons. The Labute approximate surface area is 248 Å². The van der Waals surface area contributed by atoms with Gasteiger partial charge in [0.15, 0.2) is 11.5 Å². The SMILES string of the molecule is COc1cc(C2C(C#N)=C(N)Oc3cc(OC(=O)/C=C/c4ccc(C(C)(C)C)cc4)ccc32)ccc1OCCC(C)C. The zero-order valence-electron chi connectivity index (χ0n) is 25.1. The van der Waals surface area contributed by atoms with Crippen molar-refractivity contribution in [3.63, 3.8) is 0 Å². The Morgan fingerprint density at radius 1 is 1.07 bits per heavy atom. The van der Waals surface area contributed by atoms with Crippen molar-refractivity contribution in [2.75, 3.05) is 13.7 Å². The summed E-state index contributed by atoms with van der Waals surface area (Å²) in [5.41, 5.74) is 10.1. The summed E-state index contributed by atoms with van der Waals surface area (Å²) < 4.78 is 22.9. The summed E-state index contributed by atoms with van der Waals surface area (Å²) in [6.07, 6.45) is 4.01. The van der Waals surface area contributed by atoms with E-state index in [-0.39, 0.29) is 16.9 Å². The predicted molar refractivity (Wildman–Crippen MR) is 163 cm³/mol. The maximum atomic E-state index is 12.6. The molecule has 0 saturated heterocycles. The number of carbonyl (C=O) groups is 1. The van der Waals surface area contributed by atoms with Crippen molar-refractivity contribution >= 4 is 12.0 Å². The molecule has 0 aromatic heterocycles. The van der Waals surface area contributed by atoms with Gasteiger partial charge in [-0.15, -0.1) is 0 Å². The molecule has 4 rings (SSSR count). The van der Waals surface area contributed by atoms with Crippen LogP contribution in [0.2, 0.25) is 0 Å². The van der Waals surface area contributed by atoms with Gasteiger partial charge in [-0.1, -0.05) is 71.0 Å². The van der Waals surface area contributed by atoms with Crippen LogP contribution in [0.5, 0.6) is 23.0 Å². The monoisotopic (exact) mass is 566 g/mol.